The zero-order valence-electron chi connectivity index (χ0n) is 16.2. The molecule has 28 heavy (non-hydrogen) atoms. The van der Waals surface area contributed by atoms with E-state index in [1.165, 1.54) is 0 Å². The molecule has 0 spiro atoms. The molecule has 0 unspecified atom stereocenters. The quantitative estimate of drug-likeness (QED) is 0.781. The van der Waals surface area contributed by atoms with Crippen LogP contribution in [0.1, 0.15) is 36.5 Å². The van der Waals surface area contributed by atoms with Gasteiger partial charge < -0.3 is 15.1 Å². The Bertz CT molecular complexity index is 815. The van der Waals surface area contributed by atoms with Gasteiger partial charge in [-0.05, 0) is 42.8 Å². The molecule has 0 aromatic heterocycles. The summed E-state index contributed by atoms with van der Waals surface area (Å²) >= 11 is 6.08. The van der Waals surface area contributed by atoms with Crippen LogP contribution in [0.5, 0.6) is 0 Å². The summed E-state index contributed by atoms with van der Waals surface area (Å²) in [5, 5.41) is 3.31. The van der Waals surface area contributed by atoms with Crippen molar-refractivity contribution in [3.63, 3.8) is 0 Å². The van der Waals surface area contributed by atoms with E-state index in [1.54, 1.807) is 24.3 Å². The Kier molecular flexibility index (Phi) is 6.93. The number of hydrogen-bond donors (Lipinski definition) is 1. The zero-order chi connectivity index (χ0) is 19.9. The first-order valence-electron chi connectivity index (χ1n) is 9.77. The van der Waals surface area contributed by atoms with Crippen LogP contribution in [0.15, 0.2) is 48.5 Å². The fraction of sp³-hybridized carbons (Fsp3) is 0.364. The SMILES string of the molecule is CCCCC(=O)N1CCN(c2ccc(NC(=O)c3ccccc3Cl)cc2)CC1. The van der Waals surface area contributed by atoms with Crippen LogP contribution in [0.2, 0.25) is 5.02 Å². The van der Waals surface area contributed by atoms with E-state index < -0.39 is 0 Å². The summed E-state index contributed by atoms with van der Waals surface area (Å²) in [4.78, 5) is 28.7. The number of nitrogens with zero attached hydrogens (tertiary/aromatic N) is 2. The Morgan fingerprint density at radius 2 is 1.68 bits per heavy atom. The molecule has 2 amide bonds. The monoisotopic (exact) mass is 399 g/mol. The number of benzene rings is 2. The number of halogens is 1. The van der Waals surface area contributed by atoms with Crippen LogP contribution in [0.25, 0.3) is 0 Å². The van der Waals surface area contributed by atoms with Gasteiger partial charge in [0.2, 0.25) is 5.91 Å². The number of unbranched alkanes of at least 4 members (excludes halogenated alkanes) is 1. The minimum absolute atomic E-state index is 0.224. The number of piperazine rings is 1. The molecular formula is C22H26ClN3O2. The van der Waals surface area contributed by atoms with Crippen molar-refractivity contribution in [3.8, 4) is 0 Å². The summed E-state index contributed by atoms with van der Waals surface area (Å²) in [6, 6.07) is 14.8. The van der Waals surface area contributed by atoms with E-state index in [0.29, 0.717) is 17.0 Å². The third-order valence-electron chi connectivity index (χ3n) is 4.99. The highest BCUT2D eigenvalue weighted by atomic mass is 35.5. The standard InChI is InChI=1S/C22H26ClN3O2/c1-2-3-8-21(27)26-15-13-25(14-16-26)18-11-9-17(10-12-18)24-22(28)19-6-4-5-7-20(19)23/h4-7,9-12H,2-3,8,13-16H2,1H3,(H,24,28). The Balaban J connectivity index is 1.54. The molecular weight excluding hydrogens is 374 g/mol. The van der Waals surface area contributed by atoms with Gasteiger partial charge in [-0.2, -0.15) is 0 Å². The Labute approximate surface area is 171 Å². The molecule has 1 N–H and O–H groups in total. The molecule has 1 heterocycles. The lowest BCUT2D eigenvalue weighted by Crippen LogP contribution is -2.48. The van der Waals surface area contributed by atoms with Gasteiger partial charge in [0.05, 0.1) is 10.6 Å². The first kappa shape index (κ1) is 20.2. The average molecular weight is 400 g/mol. The van der Waals surface area contributed by atoms with Crippen molar-refractivity contribution < 1.29 is 9.59 Å². The maximum absolute atomic E-state index is 12.4. The van der Waals surface area contributed by atoms with Crippen molar-refractivity contribution in [2.75, 3.05) is 36.4 Å². The highest BCUT2D eigenvalue weighted by molar-refractivity contribution is 6.34. The molecule has 0 aliphatic carbocycles. The molecule has 1 fully saturated rings. The van der Waals surface area contributed by atoms with Gasteiger partial charge in [0.1, 0.15) is 0 Å². The normalized spacial score (nSPS) is 14.1. The van der Waals surface area contributed by atoms with E-state index >= 15 is 0 Å². The smallest absolute Gasteiger partial charge is 0.257 e. The molecule has 148 valence electrons. The van der Waals surface area contributed by atoms with Crippen LogP contribution in [0, 0.1) is 0 Å². The van der Waals surface area contributed by atoms with Gasteiger partial charge in [-0.1, -0.05) is 37.1 Å². The lowest BCUT2D eigenvalue weighted by atomic mass is 10.2. The summed E-state index contributed by atoms with van der Waals surface area (Å²) < 4.78 is 0. The first-order valence-corrected chi connectivity index (χ1v) is 10.1. The second kappa shape index (κ2) is 9.60. The maximum atomic E-state index is 12.4. The fourth-order valence-corrected chi connectivity index (χ4v) is 3.52. The zero-order valence-corrected chi connectivity index (χ0v) is 16.9. The molecule has 0 bridgehead atoms. The number of nitrogens with one attached hydrogen (secondary N) is 1. The Morgan fingerprint density at radius 1 is 1.00 bits per heavy atom. The van der Waals surface area contributed by atoms with Crippen molar-refractivity contribution in [1.82, 2.24) is 4.90 Å². The highest BCUT2D eigenvalue weighted by Gasteiger charge is 2.20. The second-order valence-corrected chi connectivity index (χ2v) is 7.36. The third kappa shape index (κ3) is 5.04. The van der Waals surface area contributed by atoms with Gasteiger partial charge in [0, 0.05) is 44.0 Å². The van der Waals surface area contributed by atoms with Gasteiger partial charge >= 0.3 is 0 Å². The van der Waals surface area contributed by atoms with Gasteiger partial charge in [-0.3, -0.25) is 9.59 Å². The molecule has 2 aromatic carbocycles. The van der Waals surface area contributed by atoms with Crippen LogP contribution in [0.4, 0.5) is 11.4 Å². The topological polar surface area (TPSA) is 52.7 Å². The molecule has 0 radical (unpaired) electrons. The minimum atomic E-state index is -0.224. The van der Waals surface area contributed by atoms with E-state index in [4.69, 9.17) is 11.6 Å². The predicted octanol–water partition coefficient (Wildman–Crippen LogP) is 4.43. The summed E-state index contributed by atoms with van der Waals surface area (Å²) in [6.07, 6.45) is 2.65. The van der Waals surface area contributed by atoms with Crippen LogP contribution in [-0.2, 0) is 4.79 Å². The van der Waals surface area contributed by atoms with Crippen molar-refractivity contribution >= 4 is 34.8 Å². The van der Waals surface area contributed by atoms with Crippen LogP contribution >= 0.6 is 11.6 Å². The predicted molar refractivity (Wildman–Crippen MR) is 114 cm³/mol. The second-order valence-electron chi connectivity index (χ2n) is 6.95. The lowest BCUT2D eigenvalue weighted by Gasteiger charge is -2.36. The number of carbonyl (C=O) groups excluding carboxylic acids is 2. The Hall–Kier alpha value is -2.53. The van der Waals surface area contributed by atoms with E-state index in [-0.39, 0.29) is 11.8 Å². The van der Waals surface area contributed by atoms with E-state index in [9.17, 15) is 9.59 Å². The van der Waals surface area contributed by atoms with Crippen molar-refractivity contribution in [3.05, 3.63) is 59.1 Å². The number of rotatable bonds is 6. The van der Waals surface area contributed by atoms with E-state index in [0.717, 1.165) is 50.4 Å². The van der Waals surface area contributed by atoms with Crippen LogP contribution in [0.3, 0.4) is 0 Å². The molecule has 1 aliphatic heterocycles. The summed E-state index contributed by atoms with van der Waals surface area (Å²) in [5.74, 6) is 0.0386. The Morgan fingerprint density at radius 3 is 2.32 bits per heavy atom. The number of amides is 2. The molecule has 1 saturated heterocycles. The molecule has 0 saturated carbocycles. The summed E-state index contributed by atoms with van der Waals surface area (Å²) in [6.45, 7) is 5.26. The molecule has 3 rings (SSSR count). The lowest BCUT2D eigenvalue weighted by molar-refractivity contribution is -0.131. The molecule has 0 atom stereocenters. The summed E-state index contributed by atoms with van der Waals surface area (Å²) in [5.41, 5.74) is 2.27. The van der Waals surface area contributed by atoms with Gasteiger partial charge in [0.25, 0.3) is 5.91 Å². The number of anilines is 2. The van der Waals surface area contributed by atoms with Crippen LogP contribution < -0.4 is 10.2 Å². The minimum Gasteiger partial charge on any atom is -0.368 e. The molecule has 6 heteroatoms. The highest BCUT2D eigenvalue weighted by Crippen LogP contribution is 2.21. The van der Waals surface area contributed by atoms with E-state index in [2.05, 4.69) is 17.1 Å². The first-order chi connectivity index (χ1) is 13.6. The van der Waals surface area contributed by atoms with E-state index in [1.807, 2.05) is 29.2 Å². The third-order valence-corrected chi connectivity index (χ3v) is 5.31. The van der Waals surface area contributed by atoms with Crippen LogP contribution in [-0.4, -0.2) is 42.9 Å². The van der Waals surface area contributed by atoms with Crippen molar-refractivity contribution in [1.29, 1.82) is 0 Å². The molecule has 1 aliphatic rings. The number of hydrogen-bond acceptors (Lipinski definition) is 3. The van der Waals surface area contributed by atoms with Gasteiger partial charge in [-0.25, -0.2) is 0 Å². The number of carbonyl (C=O) groups is 2. The van der Waals surface area contributed by atoms with Gasteiger partial charge in [-0.15, -0.1) is 0 Å². The summed E-state index contributed by atoms with van der Waals surface area (Å²) in [7, 11) is 0. The maximum Gasteiger partial charge on any atom is 0.257 e. The van der Waals surface area contributed by atoms with Crippen molar-refractivity contribution in [2.45, 2.75) is 26.2 Å². The van der Waals surface area contributed by atoms with Crippen molar-refractivity contribution in [2.24, 2.45) is 0 Å². The molecule has 2 aromatic rings. The fourth-order valence-electron chi connectivity index (χ4n) is 3.30. The molecule has 5 nitrogen and oxygen atoms in total. The largest absolute Gasteiger partial charge is 0.368 e. The van der Waals surface area contributed by atoms with Gasteiger partial charge in [0.15, 0.2) is 0 Å². The average Bonchev–Trinajstić information content (AvgIpc) is 2.73.